The summed E-state index contributed by atoms with van der Waals surface area (Å²) < 4.78 is 47.7. The van der Waals surface area contributed by atoms with Gasteiger partial charge in [-0.05, 0) is 43.9 Å². The number of cyclic esters (lactones) is 1. The van der Waals surface area contributed by atoms with E-state index in [1.54, 1.807) is 19.1 Å². The predicted molar refractivity (Wildman–Crippen MR) is 84.4 cm³/mol. The molecule has 4 nitrogen and oxygen atoms in total. The van der Waals surface area contributed by atoms with Gasteiger partial charge in [0.05, 0.1) is 18.8 Å². The Morgan fingerprint density at radius 1 is 1.32 bits per heavy atom. The Kier molecular flexibility index (Phi) is 5.87. The van der Waals surface area contributed by atoms with Crippen molar-refractivity contribution < 1.29 is 32.2 Å². The van der Waals surface area contributed by atoms with E-state index in [4.69, 9.17) is 9.47 Å². The van der Waals surface area contributed by atoms with E-state index in [2.05, 4.69) is 0 Å². The largest absolute Gasteiger partial charge is 0.465 e. The van der Waals surface area contributed by atoms with Gasteiger partial charge in [0.15, 0.2) is 5.41 Å². The van der Waals surface area contributed by atoms with Gasteiger partial charge in [0.2, 0.25) is 0 Å². The van der Waals surface area contributed by atoms with Gasteiger partial charge in [0.1, 0.15) is 0 Å². The summed E-state index contributed by atoms with van der Waals surface area (Å²) in [6.45, 7) is 2.07. The molecule has 1 fully saturated rings. The van der Waals surface area contributed by atoms with E-state index in [1.807, 2.05) is 0 Å². The number of carbonyl (C=O) groups excluding carboxylic acids is 2. The van der Waals surface area contributed by atoms with Crippen LogP contribution < -0.4 is 0 Å². The van der Waals surface area contributed by atoms with Crippen LogP contribution in [0.2, 0.25) is 0 Å². The van der Waals surface area contributed by atoms with Crippen LogP contribution in [0.1, 0.15) is 37.3 Å². The number of rotatable bonds is 5. The number of hydrogen-bond acceptors (Lipinski definition) is 4. The van der Waals surface area contributed by atoms with Crippen LogP contribution in [0.3, 0.4) is 0 Å². The maximum atomic E-state index is 12.5. The molecule has 0 bridgehead atoms. The molecule has 0 unspecified atom stereocenters. The van der Waals surface area contributed by atoms with Gasteiger partial charge in [-0.2, -0.15) is 13.2 Å². The standard InChI is InChI=1S/C18H19F3O4/c1-2-24-15(22)17(11-4-12-25-16(17)23)10-3-5-13-6-8-14(9-7-13)18(19,20)21/h3,5-9H,2,4,10-12H2,1H3/b5-3+/t17-/m0/s1. The SMILES string of the molecule is CCOC(=O)[C@]1(C/C=C/c2ccc(C(F)(F)F)cc2)CCCOC1=O. The van der Waals surface area contributed by atoms with Crippen molar-refractivity contribution in [3.8, 4) is 0 Å². The highest BCUT2D eigenvalue weighted by Gasteiger charge is 2.49. The van der Waals surface area contributed by atoms with Crippen molar-refractivity contribution in [2.75, 3.05) is 13.2 Å². The number of alkyl halides is 3. The summed E-state index contributed by atoms with van der Waals surface area (Å²) in [4.78, 5) is 24.4. The fourth-order valence-corrected chi connectivity index (χ4v) is 2.68. The molecule has 1 heterocycles. The topological polar surface area (TPSA) is 52.6 Å². The first-order valence-corrected chi connectivity index (χ1v) is 7.98. The van der Waals surface area contributed by atoms with E-state index in [9.17, 15) is 22.8 Å². The lowest BCUT2D eigenvalue weighted by molar-refractivity contribution is -0.177. The van der Waals surface area contributed by atoms with Gasteiger partial charge in [-0.15, -0.1) is 0 Å². The van der Waals surface area contributed by atoms with Crippen LogP contribution in [0.5, 0.6) is 0 Å². The zero-order valence-corrected chi connectivity index (χ0v) is 13.8. The quantitative estimate of drug-likeness (QED) is 0.591. The van der Waals surface area contributed by atoms with E-state index in [0.29, 0.717) is 18.4 Å². The summed E-state index contributed by atoms with van der Waals surface area (Å²) in [7, 11) is 0. The Bertz CT molecular complexity index is 649. The van der Waals surface area contributed by atoms with Crippen LogP contribution in [0.15, 0.2) is 30.3 Å². The highest BCUT2D eigenvalue weighted by Crippen LogP contribution is 2.36. The molecule has 0 spiro atoms. The summed E-state index contributed by atoms with van der Waals surface area (Å²) >= 11 is 0. The molecule has 1 atom stereocenters. The Morgan fingerprint density at radius 2 is 2.00 bits per heavy atom. The van der Waals surface area contributed by atoms with E-state index in [1.165, 1.54) is 12.1 Å². The number of halogens is 3. The lowest BCUT2D eigenvalue weighted by Gasteiger charge is -2.31. The molecule has 2 rings (SSSR count). The fourth-order valence-electron chi connectivity index (χ4n) is 2.68. The molecule has 0 N–H and O–H groups in total. The molecular formula is C18H19F3O4. The second-order valence-corrected chi connectivity index (χ2v) is 5.77. The lowest BCUT2D eigenvalue weighted by atomic mass is 9.78. The molecule has 1 aliphatic heterocycles. The Hall–Kier alpha value is -2.31. The van der Waals surface area contributed by atoms with Gasteiger partial charge in [-0.3, -0.25) is 9.59 Å². The summed E-state index contributed by atoms with van der Waals surface area (Å²) in [6.07, 6.45) is -0.274. The molecule has 0 amide bonds. The maximum Gasteiger partial charge on any atom is 0.416 e. The molecule has 25 heavy (non-hydrogen) atoms. The Morgan fingerprint density at radius 3 is 2.56 bits per heavy atom. The first-order valence-electron chi connectivity index (χ1n) is 7.98. The number of esters is 2. The number of carbonyl (C=O) groups is 2. The minimum absolute atomic E-state index is 0.0751. The van der Waals surface area contributed by atoms with Gasteiger partial charge < -0.3 is 9.47 Å². The number of ether oxygens (including phenoxy) is 2. The summed E-state index contributed by atoms with van der Waals surface area (Å²) in [5.74, 6) is -1.24. The summed E-state index contributed by atoms with van der Waals surface area (Å²) in [5, 5.41) is 0. The molecule has 0 radical (unpaired) electrons. The maximum absolute atomic E-state index is 12.5. The summed E-state index contributed by atoms with van der Waals surface area (Å²) in [6, 6.07) is 4.62. The number of hydrogen-bond donors (Lipinski definition) is 0. The highest BCUT2D eigenvalue weighted by atomic mass is 19.4. The van der Waals surface area contributed by atoms with E-state index >= 15 is 0 Å². The molecule has 1 saturated heterocycles. The van der Waals surface area contributed by atoms with Gasteiger partial charge in [0.25, 0.3) is 0 Å². The normalized spacial score (nSPS) is 21.2. The zero-order chi connectivity index (χ0) is 18.5. The highest BCUT2D eigenvalue weighted by molar-refractivity contribution is 6.00. The second kappa shape index (κ2) is 7.72. The van der Waals surface area contributed by atoms with Crippen LogP contribution in [0, 0.1) is 5.41 Å². The van der Waals surface area contributed by atoms with Crippen LogP contribution >= 0.6 is 0 Å². The van der Waals surface area contributed by atoms with Crippen LogP contribution in [0.4, 0.5) is 13.2 Å². The van der Waals surface area contributed by atoms with Crippen molar-refractivity contribution in [3.05, 3.63) is 41.5 Å². The third kappa shape index (κ3) is 4.41. The molecule has 7 heteroatoms. The van der Waals surface area contributed by atoms with E-state index in [0.717, 1.165) is 12.1 Å². The first-order chi connectivity index (χ1) is 11.8. The average Bonchev–Trinajstić information content (AvgIpc) is 2.56. The van der Waals surface area contributed by atoms with Crippen molar-refractivity contribution in [2.45, 2.75) is 32.4 Å². The Balaban J connectivity index is 2.13. The molecule has 1 aromatic rings. The minimum Gasteiger partial charge on any atom is -0.465 e. The molecule has 0 aliphatic carbocycles. The van der Waals surface area contributed by atoms with Crippen LogP contribution in [-0.2, 0) is 25.2 Å². The van der Waals surface area contributed by atoms with Gasteiger partial charge in [-0.1, -0.05) is 24.3 Å². The number of allylic oxidation sites excluding steroid dienone is 1. The molecule has 0 aromatic heterocycles. The van der Waals surface area contributed by atoms with Crippen molar-refractivity contribution >= 4 is 18.0 Å². The smallest absolute Gasteiger partial charge is 0.416 e. The molecular weight excluding hydrogens is 337 g/mol. The average molecular weight is 356 g/mol. The monoisotopic (exact) mass is 356 g/mol. The Labute approximate surface area is 143 Å². The zero-order valence-electron chi connectivity index (χ0n) is 13.8. The first kappa shape index (κ1) is 19.0. The van der Waals surface area contributed by atoms with Crippen molar-refractivity contribution in [2.24, 2.45) is 5.41 Å². The van der Waals surface area contributed by atoms with Gasteiger partial charge >= 0.3 is 18.1 Å². The number of benzene rings is 1. The van der Waals surface area contributed by atoms with Gasteiger partial charge in [0, 0.05) is 0 Å². The van der Waals surface area contributed by atoms with Crippen molar-refractivity contribution in [3.63, 3.8) is 0 Å². The van der Waals surface area contributed by atoms with Crippen molar-refractivity contribution in [1.29, 1.82) is 0 Å². The van der Waals surface area contributed by atoms with Crippen LogP contribution in [-0.4, -0.2) is 25.2 Å². The van der Waals surface area contributed by atoms with E-state index < -0.39 is 29.1 Å². The third-order valence-electron chi connectivity index (χ3n) is 4.05. The third-order valence-corrected chi connectivity index (χ3v) is 4.05. The van der Waals surface area contributed by atoms with Gasteiger partial charge in [-0.25, -0.2) is 0 Å². The predicted octanol–water partition coefficient (Wildman–Crippen LogP) is 4.00. The molecule has 1 aliphatic rings. The molecule has 1 aromatic carbocycles. The second-order valence-electron chi connectivity index (χ2n) is 5.77. The molecule has 136 valence electrons. The van der Waals surface area contributed by atoms with Crippen molar-refractivity contribution in [1.82, 2.24) is 0 Å². The lowest BCUT2D eigenvalue weighted by Crippen LogP contribution is -2.44. The van der Waals surface area contributed by atoms with Crippen LogP contribution in [0.25, 0.3) is 6.08 Å². The minimum atomic E-state index is -4.39. The van der Waals surface area contributed by atoms with E-state index in [-0.39, 0.29) is 19.6 Å². The fraction of sp³-hybridized carbons (Fsp3) is 0.444. The molecule has 0 saturated carbocycles. The summed E-state index contributed by atoms with van der Waals surface area (Å²) in [5.41, 5.74) is -1.57.